The van der Waals surface area contributed by atoms with Gasteiger partial charge in [0.1, 0.15) is 17.2 Å². The van der Waals surface area contributed by atoms with Crippen LogP contribution in [-0.4, -0.2) is 31.5 Å². The minimum Gasteiger partial charge on any atom is -0.497 e. The summed E-state index contributed by atoms with van der Waals surface area (Å²) >= 11 is 0. The summed E-state index contributed by atoms with van der Waals surface area (Å²) in [5.41, 5.74) is 3.16. The Morgan fingerprint density at radius 2 is 1.37 bits per heavy atom. The van der Waals surface area contributed by atoms with E-state index < -0.39 is 18.5 Å². The van der Waals surface area contributed by atoms with E-state index in [1.54, 1.807) is 55.6 Å². The first kappa shape index (κ1) is 25.3. The third kappa shape index (κ3) is 8.19. The van der Waals surface area contributed by atoms with E-state index in [1.807, 2.05) is 32.0 Å². The Hall–Kier alpha value is -4.33. The second-order valence-electron chi connectivity index (χ2n) is 7.88. The molecular formula is C27H28N2O6. The van der Waals surface area contributed by atoms with E-state index >= 15 is 0 Å². The number of ether oxygens (including phenoxy) is 3. The summed E-state index contributed by atoms with van der Waals surface area (Å²) in [4.78, 5) is 36.1. The maximum atomic E-state index is 12.2. The molecule has 0 unspecified atom stereocenters. The molecule has 0 aliphatic heterocycles. The van der Waals surface area contributed by atoms with Crippen molar-refractivity contribution < 1.29 is 28.6 Å². The Labute approximate surface area is 204 Å². The van der Waals surface area contributed by atoms with Crippen molar-refractivity contribution in [2.45, 2.75) is 26.7 Å². The van der Waals surface area contributed by atoms with Crippen molar-refractivity contribution >= 4 is 29.2 Å². The van der Waals surface area contributed by atoms with Crippen molar-refractivity contribution in [3.05, 3.63) is 77.9 Å². The predicted molar refractivity (Wildman–Crippen MR) is 133 cm³/mol. The molecule has 0 heterocycles. The van der Waals surface area contributed by atoms with Crippen LogP contribution in [-0.2, 0) is 19.1 Å². The van der Waals surface area contributed by atoms with Crippen LogP contribution < -0.4 is 20.1 Å². The zero-order chi connectivity index (χ0) is 25.2. The second-order valence-corrected chi connectivity index (χ2v) is 7.88. The number of esters is 1. The van der Waals surface area contributed by atoms with Gasteiger partial charge in [0.2, 0.25) is 5.91 Å². The molecular weight excluding hydrogens is 448 g/mol. The van der Waals surface area contributed by atoms with Crippen molar-refractivity contribution in [2.75, 3.05) is 24.4 Å². The summed E-state index contributed by atoms with van der Waals surface area (Å²) in [7, 11) is 1.60. The van der Waals surface area contributed by atoms with Gasteiger partial charge in [0.05, 0.1) is 13.5 Å². The Balaban J connectivity index is 1.37. The topological polar surface area (TPSA) is 103 Å². The molecule has 0 radical (unpaired) electrons. The lowest BCUT2D eigenvalue weighted by molar-refractivity contribution is -0.147. The molecule has 3 rings (SSSR count). The van der Waals surface area contributed by atoms with Crippen LogP contribution in [0.15, 0.2) is 66.7 Å². The fourth-order valence-corrected chi connectivity index (χ4v) is 3.10. The van der Waals surface area contributed by atoms with Crippen LogP contribution in [0.25, 0.3) is 0 Å². The molecule has 8 heteroatoms. The molecule has 0 saturated carbocycles. The van der Waals surface area contributed by atoms with Gasteiger partial charge in [-0.3, -0.25) is 14.4 Å². The second kappa shape index (κ2) is 12.2. The van der Waals surface area contributed by atoms with Crippen molar-refractivity contribution in [3.63, 3.8) is 0 Å². The van der Waals surface area contributed by atoms with Gasteiger partial charge < -0.3 is 24.8 Å². The summed E-state index contributed by atoms with van der Waals surface area (Å²) in [5, 5.41) is 5.43. The molecule has 0 bridgehead atoms. The number of hydrogen-bond donors (Lipinski definition) is 2. The molecule has 182 valence electrons. The summed E-state index contributed by atoms with van der Waals surface area (Å²) in [6.45, 7) is 3.38. The predicted octanol–water partition coefficient (Wildman–Crippen LogP) is 5.00. The van der Waals surface area contributed by atoms with Crippen molar-refractivity contribution in [2.24, 2.45) is 0 Å². The lowest BCUT2D eigenvalue weighted by Crippen LogP contribution is -2.22. The number of anilines is 2. The zero-order valence-electron chi connectivity index (χ0n) is 19.9. The van der Waals surface area contributed by atoms with Crippen molar-refractivity contribution in [3.8, 4) is 17.2 Å². The summed E-state index contributed by atoms with van der Waals surface area (Å²) in [5.74, 6) is 0.595. The van der Waals surface area contributed by atoms with Gasteiger partial charge in [-0.15, -0.1) is 0 Å². The molecule has 2 amide bonds. The van der Waals surface area contributed by atoms with E-state index in [9.17, 15) is 14.4 Å². The Morgan fingerprint density at radius 3 is 2.03 bits per heavy atom. The first-order chi connectivity index (χ1) is 16.8. The van der Waals surface area contributed by atoms with Gasteiger partial charge in [0.15, 0.2) is 6.61 Å². The number of amides is 2. The smallest absolute Gasteiger partial charge is 0.306 e. The highest BCUT2D eigenvalue weighted by Crippen LogP contribution is 2.25. The van der Waals surface area contributed by atoms with Crippen LogP contribution in [0, 0.1) is 13.8 Å². The molecule has 8 nitrogen and oxygen atoms in total. The number of carbonyl (C=O) groups excluding carboxylic acids is 3. The van der Waals surface area contributed by atoms with Gasteiger partial charge in [-0.05, 0) is 79.6 Å². The number of carbonyl (C=O) groups is 3. The molecule has 0 spiro atoms. The first-order valence-corrected chi connectivity index (χ1v) is 11.1. The normalized spacial score (nSPS) is 10.3. The lowest BCUT2D eigenvalue weighted by atomic mass is 10.1. The van der Waals surface area contributed by atoms with Crippen LogP contribution in [0.5, 0.6) is 17.2 Å². The number of hydrogen-bond acceptors (Lipinski definition) is 6. The van der Waals surface area contributed by atoms with Gasteiger partial charge in [0.25, 0.3) is 5.91 Å². The molecule has 3 aromatic carbocycles. The average Bonchev–Trinajstić information content (AvgIpc) is 2.85. The third-order valence-electron chi connectivity index (χ3n) is 5.02. The fourth-order valence-electron chi connectivity index (χ4n) is 3.10. The molecule has 0 saturated heterocycles. The van der Waals surface area contributed by atoms with Crippen LogP contribution in [0.3, 0.4) is 0 Å². The standard InChI is InChI=1S/C27H28N2O6/c1-18-4-5-19(2)24(16-18)29-26(31)17-34-27(32)15-14-25(30)28-20-6-8-22(9-7-20)35-23-12-10-21(33-3)11-13-23/h4-13,16H,14-15,17H2,1-3H3,(H,28,30)(H,29,31). The number of nitrogens with one attached hydrogen (secondary N) is 2. The lowest BCUT2D eigenvalue weighted by Gasteiger charge is -2.10. The van der Waals surface area contributed by atoms with Gasteiger partial charge in [0, 0.05) is 17.8 Å². The summed E-state index contributed by atoms with van der Waals surface area (Å²) in [6.07, 6.45) is -0.206. The number of aryl methyl sites for hydroxylation is 2. The summed E-state index contributed by atoms with van der Waals surface area (Å²) < 4.78 is 15.8. The maximum Gasteiger partial charge on any atom is 0.306 e. The Kier molecular flexibility index (Phi) is 8.83. The van der Waals surface area contributed by atoms with E-state index in [0.29, 0.717) is 22.9 Å². The van der Waals surface area contributed by atoms with Crippen LogP contribution in [0.2, 0.25) is 0 Å². The van der Waals surface area contributed by atoms with Gasteiger partial charge >= 0.3 is 5.97 Å². The third-order valence-corrected chi connectivity index (χ3v) is 5.02. The monoisotopic (exact) mass is 476 g/mol. The highest BCUT2D eigenvalue weighted by molar-refractivity contribution is 5.95. The minimum absolute atomic E-state index is 0.0679. The van der Waals surface area contributed by atoms with Crippen molar-refractivity contribution in [1.29, 1.82) is 0 Å². The maximum absolute atomic E-state index is 12.2. The van der Waals surface area contributed by atoms with Crippen LogP contribution >= 0.6 is 0 Å². The minimum atomic E-state index is -0.625. The quantitative estimate of drug-likeness (QED) is 0.399. The Bertz CT molecular complexity index is 1170. The van der Waals surface area contributed by atoms with E-state index in [-0.39, 0.29) is 18.7 Å². The van der Waals surface area contributed by atoms with Crippen LogP contribution in [0.4, 0.5) is 11.4 Å². The number of methoxy groups -OCH3 is 1. The fraction of sp³-hybridized carbons (Fsp3) is 0.222. The molecule has 35 heavy (non-hydrogen) atoms. The largest absolute Gasteiger partial charge is 0.497 e. The summed E-state index contributed by atoms with van der Waals surface area (Å²) in [6, 6.07) is 19.7. The number of benzene rings is 3. The van der Waals surface area contributed by atoms with Gasteiger partial charge in [-0.2, -0.15) is 0 Å². The molecule has 2 N–H and O–H groups in total. The van der Waals surface area contributed by atoms with Crippen molar-refractivity contribution in [1.82, 2.24) is 0 Å². The SMILES string of the molecule is COc1ccc(Oc2ccc(NC(=O)CCC(=O)OCC(=O)Nc3cc(C)ccc3C)cc2)cc1. The number of rotatable bonds is 10. The molecule has 3 aromatic rings. The molecule has 0 atom stereocenters. The van der Waals surface area contributed by atoms with Gasteiger partial charge in [-0.1, -0.05) is 12.1 Å². The van der Waals surface area contributed by atoms with E-state index in [2.05, 4.69) is 10.6 Å². The van der Waals surface area contributed by atoms with E-state index in [1.165, 1.54) is 0 Å². The average molecular weight is 477 g/mol. The molecule has 0 aliphatic rings. The van der Waals surface area contributed by atoms with Gasteiger partial charge in [-0.25, -0.2) is 0 Å². The first-order valence-electron chi connectivity index (χ1n) is 11.1. The zero-order valence-corrected chi connectivity index (χ0v) is 19.9. The van der Waals surface area contributed by atoms with E-state index in [0.717, 1.165) is 16.9 Å². The highest BCUT2D eigenvalue weighted by Gasteiger charge is 2.12. The highest BCUT2D eigenvalue weighted by atomic mass is 16.5. The van der Waals surface area contributed by atoms with E-state index in [4.69, 9.17) is 14.2 Å². The molecule has 0 aromatic heterocycles. The molecule has 0 fully saturated rings. The Morgan fingerprint density at radius 1 is 0.743 bits per heavy atom. The van der Waals surface area contributed by atoms with Crippen LogP contribution in [0.1, 0.15) is 24.0 Å². The molecule has 0 aliphatic carbocycles.